The van der Waals surface area contributed by atoms with Crippen LogP contribution in [0.25, 0.3) is 0 Å². The summed E-state index contributed by atoms with van der Waals surface area (Å²) in [6.07, 6.45) is -1.13. The van der Waals surface area contributed by atoms with Crippen LogP contribution in [0.1, 0.15) is 11.7 Å². The van der Waals surface area contributed by atoms with Crippen LogP contribution in [0.4, 0.5) is 0 Å². The lowest BCUT2D eigenvalue weighted by Gasteiger charge is -2.23. The zero-order chi connectivity index (χ0) is 13.1. The van der Waals surface area contributed by atoms with Crippen LogP contribution >= 0.6 is 35.1 Å². The van der Waals surface area contributed by atoms with Gasteiger partial charge in [0.1, 0.15) is 6.10 Å². The quantitative estimate of drug-likeness (QED) is 0.656. The number of halogens is 2. The summed E-state index contributed by atoms with van der Waals surface area (Å²) in [4.78, 5) is 0. The summed E-state index contributed by atoms with van der Waals surface area (Å²) >= 11 is 9.22. The van der Waals surface area contributed by atoms with E-state index < -0.39 is 18.8 Å². The molecule has 17 heavy (non-hydrogen) atoms. The Hall–Kier alpha value is 0.1000. The van der Waals surface area contributed by atoms with Crippen LogP contribution in [0.15, 0.2) is 28.7 Å². The first-order valence-corrected chi connectivity index (χ1v) is 7.57. The van der Waals surface area contributed by atoms with Gasteiger partial charge in [-0.05, 0) is 17.7 Å². The largest absolute Gasteiger partial charge is 0.386 e. The van der Waals surface area contributed by atoms with Crippen molar-refractivity contribution in [3.63, 3.8) is 0 Å². The van der Waals surface area contributed by atoms with Crippen LogP contribution < -0.4 is 0 Å². The molecule has 4 nitrogen and oxygen atoms in total. The van der Waals surface area contributed by atoms with Gasteiger partial charge < -0.3 is 14.2 Å². The van der Waals surface area contributed by atoms with Gasteiger partial charge in [0.2, 0.25) is 0 Å². The summed E-state index contributed by atoms with van der Waals surface area (Å²) in [5, 5.41) is 8.84. The van der Waals surface area contributed by atoms with Crippen molar-refractivity contribution >= 4 is 35.1 Å². The lowest BCUT2D eigenvalue weighted by atomic mass is 10.1. The van der Waals surface area contributed by atoms with E-state index in [9.17, 15) is 9.67 Å². The minimum Gasteiger partial charge on any atom is -0.386 e. The molecule has 7 heteroatoms. The maximum absolute atomic E-state index is 12.0. The van der Waals surface area contributed by atoms with E-state index in [0.717, 1.165) is 4.47 Å². The molecule has 96 valence electrons. The van der Waals surface area contributed by atoms with Gasteiger partial charge in [0.25, 0.3) is 0 Å². The third-order valence-electron chi connectivity index (χ3n) is 2.28. The standard InChI is InChI=1S/C10H13BrClO4P/c1-15-17(14,16-2)10(12)9(13)7-3-5-8(11)6-4-7/h3-6,9-10,13H,1-2H3/t9-,10+/m1/s1. The highest BCUT2D eigenvalue weighted by molar-refractivity contribution is 9.10. The van der Waals surface area contributed by atoms with Gasteiger partial charge in [0.15, 0.2) is 5.12 Å². The Kier molecular flexibility index (Phi) is 5.64. The first-order chi connectivity index (χ1) is 7.94. The molecule has 0 unspecified atom stereocenters. The van der Waals surface area contributed by atoms with E-state index in [4.69, 9.17) is 20.6 Å². The van der Waals surface area contributed by atoms with Gasteiger partial charge in [-0.3, -0.25) is 4.57 Å². The summed E-state index contributed by atoms with van der Waals surface area (Å²) in [6.45, 7) is 0. The number of hydrogen-bond donors (Lipinski definition) is 1. The van der Waals surface area contributed by atoms with Gasteiger partial charge in [0, 0.05) is 18.7 Å². The van der Waals surface area contributed by atoms with E-state index >= 15 is 0 Å². The van der Waals surface area contributed by atoms with E-state index in [1.54, 1.807) is 24.3 Å². The second-order valence-electron chi connectivity index (χ2n) is 3.27. The third-order valence-corrected chi connectivity index (χ3v) is 5.67. The van der Waals surface area contributed by atoms with Crippen molar-refractivity contribution in [1.82, 2.24) is 0 Å². The maximum Gasteiger partial charge on any atom is 0.350 e. The molecule has 0 bridgehead atoms. The van der Waals surface area contributed by atoms with E-state index in [1.807, 2.05) is 0 Å². The van der Waals surface area contributed by atoms with Crippen LogP contribution in [0.2, 0.25) is 0 Å². The number of alkyl halides is 1. The van der Waals surface area contributed by atoms with Crippen molar-refractivity contribution in [2.24, 2.45) is 0 Å². The van der Waals surface area contributed by atoms with Crippen LogP contribution in [-0.2, 0) is 13.6 Å². The summed E-state index contributed by atoms with van der Waals surface area (Å²) in [6, 6.07) is 6.87. The molecule has 0 saturated carbocycles. The molecular formula is C10H13BrClO4P. The average Bonchev–Trinajstić information content (AvgIpc) is 2.37. The molecule has 0 aliphatic heterocycles. The van der Waals surface area contributed by atoms with Crippen LogP contribution in [0.5, 0.6) is 0 Å². The van der Waals surface area contributed by atoms with Gasteiger partial charge in [0.05, 0.1) is 0 Å². The molecule has 1 N–H and O–H groups in total. The van der Waals surface area contributed by atoms with Gasteiger partial charge in [-0.2, -0.15) is 0 Å². The number of benzene rings is 1. The van der Waals surface area contributed by atoms with Gasteiger partial charge in [-0.25, -0.2) is 0 Å². The van der Waals surface area contributed by atoms with Crippen LogP contribution in [-0.4, -0.2) is 24.4 Å². The Balaban J connectivity index is 2.93. The molecule has 0 aliphatic carbocycles. The molecule has 0 saturated heterocycles. The number of aliphatic hydroxyl groups excluding tert-OH is 1. The molecule has 1 aromatic carbocycles. The molecule has 2 atom stereocenters. The van der Waals surface area contributed by atoms with E-state index in [0.29, 0.717) is 5.56 Å². The second-order valence-corrected chi connectivity index (χ2v) is 7.33. The van der Waals surface area contributed by atoms with Crippen molar-refractivity contribution in [3.05, 3.63) is 34.3 Å². The zero-order valence-electron chi connectivity index (χ0n) is 9.34. The molecule has 0 radical (unpaired) electrons. The molecule has 0 amide bonds. The fraction of sp³-hybridized carbons (Fsp3) is 0.400. The Bertz CT molecular complexity index is 403. The zero-order valence-corrected chi connectivity index (χ0v) is 12.6. The topological polar surface area (TPSA) is 55.8 Å². The number of rotatable bonds is 5. The minimum atomic E-state index is -3.50. The molecule has 1 aromatic rings. The SMILES string of the molecule is COP(=O)(OC)[C@H](Cl)[C@H](O)c1ccc(Br)cc1. The molecule has 0 fully saturated rings. The average molecular weight is 344 g/mol. The Morgan fingerprint density at radius 1 is 1.29 bits per heavy atom. The molecular weight excluding hydrogens is 330 g/mol. The normalized spacial score (nSPS) is 15.6. The summed E-state index contributed by atoms with van der Waals surface area (Å²) < 4.78 is 22.4. The molecule has 0 heterocycles. The predicted octanol–water partition coefficient (Wildman–Crippen LogP) is 3.53. The first kappa shape index (κ1) is 15.2. The fourth-order valence-corrected chi connectivity index (χ4v) is 3.23. The molecule has 0 aliphatic rings. The van der Waals surface area contributed by atoms with E-state index in [1.165, 1.54) is 14.2 Å². The monoisotopic (exact) mass is 342 g/mol. The summed E-state index contributed by atoms with van der Waals surface area (Å²) in [5.74, 6) is 0. The fourth-order valence-electron chi connectivity index (χ4n) is 1.27. The van der Waals surface area contributed by atoms with Crippen molar-refractivity contribution in [1.29, 1.82) is 0 Å². The second kappa shape index (κ2) is 6.32. The highest BCUT2D eigenvalue weighted by Crippen LogP contribution is 2.57. The smallest absolute Gasteiger partial charge is 0.350 e. The lowest BCUT2D eigenvalue weighted by Crippen LogP contribution is -2.15. The van der Waals surface area contributed by atoms with Crippen molar-refractivity contribution in [3.8, 4) is 0 Å². The van der Waals surface area contributed by atoms with Crippen molar-refractivity contribution in [2.45, 2.75) is 11.2 Å². The first-order valence-electron chi connectivity index (χ1n) is 4.73. The molecule has 0 aromatic heterocycles. The summed E-state index contributed by atoms with van der Waals surface area (Å²) in [7, 11) is -1.04. The minimum absolute atomic E-state index is 0.544. The molecule has 0 spiro atoms. The molecule has 1 rings (SSSR count). The highest BCUT2D eigenvalue weighted by atomic mass is 79.9. The number of hydrogen-bond acceptors (Lipinski definition) is 4. The van der Waals surface area contributed by atoms with Crippen LogP contribution in [0, 0.1) is 0 Å². The van der Waals surface area contributed by atoms with Gasteiger partial charge >= 0.3 is 7.60 Å². The van der Waals surface area contributed by atoms with Gasteiger partial charge in [-0.1, -0.05) is 28.1 Å². The van der Waals surface area contributed by atoms with Gasteiger partial charge in [-0.15, -0.1) is 11.6 Å². The Morgan fingerprint density at radius 2 is 1.76 bits per heavy atom. The van der Waals surface area contributed by atoms with Crippen molar-refractivity contribution in [2.75, 3.05) is 14.2 Å². The maximum atomic E-state index is 12.0. The van der Waals surface area contributed by atoms with E-state index in [-0.39, 0.29) is 0 Å². The Morgan fingerprint density at radius 3 is 2.18 bits per heavy atom. The number of aliphatic hydroxyl groups is 1. The predicted molar refractivity (Wildman–Crippen MR) is 70.4 cm³/mol. The Labute approximate surface area is 114 Å². The van der Waals surface area contributed by atoms with E-state index in [2.05, 4.69) is 15.9 Å². The van der Waals surface area contributed by atoms with Crippen molar-refractivity contribution < 1.29 is 18.7 Å². The third kappa shape index (κ3) is 3.53. The highest BCUT2D eigenvalue weighted by Gasteiger charge is 2.38. The summed E-state index contributed by atoms with van der Waals surface area (Å²) in [5.41, 5.74) is 0.544. The van der Waals surface area contributed by atoms with Crippen LogP contribution in [0.3, 0.4) is 0 Å². The lowest BCUT2D eigenvalue weighted by molar-refractivity contribution is 0.172.